The predicted octanol–water partition coefficient (Wildman–Crippen LogP) is 1.91. The van der Waals surface area contributed by atoms with Crippen molar-refractivity contribution in [3.63, 3.8) is 0 Å². The molecule has 1 aliphatic heterocycles. The SMILES string of the molecule is O=C(c1ccccc1F)N1CCC(Oc2cccnn2)C1. The van der Waals surface area contributed by atoms with Crippen molar-refractivity contribution in [3.05, 3.63) is 54.0 Å². The standard InChI is InChI=1S/C15H14FN3O2/c16-13-5-2-1-4-12(13)15(20)19-9-7-11(10-19)21-14-6-3-8-17-18-14/h1-6,8,11H,7,9-10H2. The lowest BCUT2D eigenvalue weighted by Gasteiger charge is -2.17. The van der Waals surface area contributed by atoms with E-state index in [1.165, 1.54) is 12.1 Å². The van der Waals surface area contributed by atoms with Gasteiger partial charge in [-0.05, 0) is 18.2 Å². The largest absolute Gasteiger partial charge is 0.471 e. The van der Waals surface area contributed by atoms with Gasteiger partial charge in [-0.1, -0.05) is 12.1 Å². The molecule has 1 aromatic carbocycles. The molecular formula is C15H14FN3O2. The maximum atomic E-state index is 13.6. The molecule has 3 rings (SSSR count). The van der Waals surface area contributed by atoms with E-state index in [4.69, 9.17) is 4.74 Å². The van der Waals surface area contributed by atoms with Crippen molar-refractivity contribution in [2.45, 2.75) is 12.5 Å². The summed E-state index contributed by atoms with van der Waals surface area (Å²) in [7, 11) is 0. The van der Waals surface area contributed by atoms with Crippen LogP contribution in [0.4, 0.5) is 4.39 Å². The molecule has 1 fully saturated rings. The minimum Gasteiger partial charge on any atom is -0.471 e. The molecule has 1 amide bonds. The Morgan fingerprint density at radius 1 is 1.29 bits per heavy atom. The Bertz CT molecular complexity index is 636. The van der Waals surface area contributed by atoms with E-state index < -0.39 is 5.82 Å². The number of rotatable bonds is 3. The summed E-state index contributed by atoms with van der Waals surface area (Å²) in [5, 5.41) is 7.58. The van der Waals surface area contributed by atoms with Crippen LogP contribution in [0.25, 0.3) is 0 Å². The summed E-state index contributed by atoms with van der Waals surface area (Å²) < 4.78 is 19.3. The first kappa shape index (κ1) is 13.5. The van der Waals surface area contributed by atoms with Crippen LogP contribution in [0.2, 0.25) is 0 Å². The molecule has 0 spiro atoms. The van der Waals surface area contributed by atoms with Gasteiger partial charge in [-0.25, -0.2) is 4.39 Å². The first-order valence-corrected chi connectivity index (χ1v) is 6.72. The van der Waals surface area contributed by atoms with Crippen LogP contribution in [0.15, 0.2) is 42.6 Å². The molecule has 1 atom stereocenters. The molecule has 0 radical (unpaired) electrons. The topological polar surface area (TPSA) is 55.3 Å². The van der Waals surface area contributed by atoms with Crippen LogP contribution in [0.3, 0.4) is 0 Å². The monoisotopic (exact) mass is 287 g/mol. The highest BCUT2D eigenvalue weighted by molar-refractivity contribution is 5.94. The second-order valence-electron chi connectivity index (χ2n) is 4.82. The maximum absolute atomic E-state index is 13.6. The van der Waals surface area contributed by atoms with Crippen LogP contribution in [0.5, 0.6) is 5.88 Å². The summed E-state index contributed by atoms with van der Waals surface area (Å²) in [6.07, 6.45) is 2.11. The van der Waals surface area contributed by atoms with Gasteiger partial charge in [0.15, 0.2) is 0 Å². The lowest BCUT2D eigenvalue weighted by Crippen LogP contribution is -2.31. The van der Waals surface area contributed by atoms with Crippen LogP contribution in [-0.2, 0) is 0 Å². The number of likely N-dealkylation sites (tertiary alicyclic amines) is 1. The predicted molar refractivity (Wildman–Crippen MR) is 73.4 cm³/mol. The Kier molecular flexibility index (Phi) is 3.77. The normalized spacial score (nSPS) is 17.8. The molecule has 6 heteroatoms. The molecule has 1 aromatic heterocycles. The van der Waals surface area contributed by atoms with Crippen LogP contribution in [0, 0.1) is 5.82 Å². The third-order valence-corrected chi connectivity index (χ3v) is 3.37. The van der Waals surface area contributed by atoms with Crippen LogP contribution >= 0.6 is 0 Å². The number of ether oxygens (including phenoxy) is 1. The minimum absolute atomic E-state index is 0.0950. The van der Waals surface area contributed by atoms with E-state index in [1.807, 2.05) is 0 Å². The first-order chi connectivity index (χ1) is 10.2. The summed E-state index contributed by atoms with van der Waals surface area (Å²) in [5.41, 5.74) is 0.0950. The highest BCUT2D eigenvalue weighted by atomic mass is 19.1. The molecule has 21 heavy (non-hydrogen) atoms. The van der Waals surface area contributed by atoms with Gasteiger partial charge >= 0.3 is 0 Å². The van der Waals surface area contributed by atoms with Crippen molar-refractivity contribution in [2.24, 2.45) is 0 Å². The molecular weight excluding hydrogens is 273 g/mol. The lowest BCUT2D eigenvalue weighted by molar-refractivity contribution is 0.0766. The van der Waals surface area contributed by atoms with Crippen molar-refractivity contribution in [1.82, 2.24) is 15.1 Å². The first-order valence-electron chi connectivity index (χ1n) is 6.72. The Hall–Kier alpha value is -2.50. The number of nitrogens with zero attached hydrogens (tertiary/aromatic N) is 3. The molecule has 1 aliphatic rings. The van der Waals surface area contributed by atoms with Gasteiger partial charge in [-0.3, -0.25) is 4.79 Å². The molecule has 0 aliphatic carbocycles. The third kappa shape index (κ3) is 2.99. The van der Waals surface area contributed by atoms with Crippen molar-refractivity contribution < 1.29 is 13.9 Å². The molecule has 5 nitrogen and oxygen atoms in total. The van der Waals surface area contributed by atoms with Gasteiger partial charge in [0.2, 0.25) is 5.88 Å². The Labute approximate surface area is 121 Å². The van der Waals surface area contributed by atoms with Gasteiger partial charge in [0.1, 0.15) is 11.9 Å². The summed E-state index contributed by atoms with van der Waals surface area (Å²) in [6, 6.07) is 9.45. The molecule has 2 aromatic rings. The molecule has 0 N–H and O–H groups in total. The number of halogens is 1. The van der Waals surface area contributed by atoms with Gasteiger partial charge in [0, 0.05) is 25.2 Å². The quantitative estimate of drug-likeness (QED) is 0.865. The molecule has 108 valence electrons. The van der Waals surface area contributed by atoms with Crippen LogP contribution < -0.4 is 4.74 Å². The van der Waals surface area contributed by atoms with E-state index in [0.717, 1.165) is 0 Å². The summed E-state index contributed by atoms with van der Waals surface area (Å²) in [5.74, 6) is -0.373. The second-order valence-corrected chi connectivity index (χ2v) is 4.82. The Morgan fingerprint density at radius 3 is 2.90 bits per heavy atom. The number of hydrogen-bond acceptors (Lipinski definition) is 4. The zero-order chi connectivity index (χ0) is 14.7. The van der Waals surface area contributed by atoms with Gasteiger partial charge in [-0.2, -0.15) is 5.10 Å². The van der Waals surface area contributed by atoms with Crippen molar-refractivity contribution in [1.29, 1.82) is 0 Å². The van der Waals surface area contributed by atoms with Gasteiger partial charge < -0.3 is 9.64 Å². The van der Waals surface area contributed by atoms with E-state index in [1.54, 1.807) is 35.4 Å². The molecule has 1 saturated heterocycles. The van der Waals surface area contributed by atoms with Crippen molar-refractivity contribution >= 4 is 5.91 Å². The Balaban J connectivity index is 1.65. The number of carbonyl (C=O) groups is 1. The van der Waals surface area contributed by atoms with Gasteiger partial charge in [0.25, 0.3) is 5.91 Å². The van der Waals surface area contributed by atoms with Gasteiger partial charge in [0.05, 0.1) is 12.1 Å². The number of hydrogen-bond donors (Lipinski definition) is 0. The summed E-state index contributed by atoms with van der Waals surface area (Å²) in [4.78, 5) is 13.9. The molecule has 0 saturated carbocycles. The third-order valence-electron chi connectivity index (χ3n) is 3.37. The van der Waals surface area contributed by atoms with E-state index in [9.17, 15) is 9.18 Å². The van der Waals surface area contributed by atoms with Crippen LogP contribution in [-0.4, -0.2) is 40.2 Å². The fourth-order valence-corrected chi connectivity index (χ4v) is 2.33. The van der Waals surface area contributed by atoms with E-state index in [-0.39, 0.29) is 17.6 Å². The molecule has 1 unspecified atom stereocenters. The second kappa shape index (κ2) is 5.87. The zero-order valence-corrected chi connectivity index (χ0v) is 11.3. The highest BCUT2D eigenvalue weighted by Gasteiger charge is 2.29. The number of benzene rings is 1. The van der Waals surface area contributed by atoms with Crippen molar-refractivity contribution in [2.75, 3.05) is 13.1 Å². The maximum Gasteiger partial charge on any atom is 0.256 e. The van der Waals surface area contributed by atoms with E-state index >= 15 is 0 Å². The fraction of sp³-hybridized carbons (Fsp3) is 0.267. The average molecular weight is 287 g/mol. The fourth-order valence-electron chi connectivity index (χ4n) is 2.33. The average Bonchev–Trinajstić information content (AvgIpc) is 2.97. The smallest absolute Gasteiger partial charge is 0.256 e. The summed E-state index contributed by atoms with van der Waals surface area (Å²) >= 11 is 0. The molecule has 0 bridgehead atoms. The van der Waals surface area contributed by atoms with E-state index in [0.29, 0.717) is 25.4 Å². The number of aromatic nitrogens is 2. The van der Waals surface area contributed by atoms with Crippen LogP contribution in [0.1, 0.15) is 16.8 Å². The number of carbonyl (C=O) groups excluding carboxylic acids is 1. The lowest BCUT2D eigenvalue weighted by atomic mass is 10.2. The van der Waals surface area contributed by atoms with Crippen molar-refractivity contribution in [3.8, 4) is 5.88 Å². The zero-order valence-electron chi connectivity index (χ0n) is 11.3. The minimum atomic E-state index is -0.499. The summed E-state index contributed by atoms with van der Waals surface area (Å²) in [6.45, 7) is 0.960. The van der Waals surface area contributed by atoms with Gasteiger partial charge in [-0.15, -0.1) is 5.10 Å². The Morgan fingerprint density at radius 2 is 2.14 bits per heavy atom. The number of amides is 1. The molecule has 2 heterocycles. The highest BCUT2D eigenvalue weighted by Crippen LogP contribution is 2.19. The van der Waals surface area contributed by atoms with E-state index in [2.05, 4.69) is 10.2 Å².